The molecule has 1 amide bonds. The predicted molar refractivity (Wildman–Crippen MR) is 67.2 cm³/mol. The zero-order valence-electron chi connectivity index (χ0n) is 9.69. The summed E-state index contributed by atoms with van der Waals surface area (Å²) in [5.74, 6) is 0. The summed E-state index contributed by atoms with van der Waals surface area (Å²) >= 11 is 0. The van der Waals surface area contributed by atoms with E-state index in [1.165, 1.54) is 4.90 Å². The molecular weight excluding hydrogens is 256 g/mol. The Hall–Kier alpha value is -1.60. The minimum absolute atomic E-state index is 0.274. The average molecular weight is 270 g/mol. The van der Waals surface area contributed by atoms with Crippen LogP contribution in [-0.4, -0.2) is 66.5 Å². The van der Waals surface area contributed by atoms with Crippen LogP contribution in [0.15, 0.2) is 24.3 Å². The lowest BCUT2D eigenvalue weighted by Crippen LogP contribution is -2.53. The van der Waals surface area contributed by atoms with E-state index in [9.17, 15) is 13.2 Å². The van der Waals surface area contributed by atoms with Gasteiger partial charge < -0.3 is 10.0 Å². The zero-order valence-corrected chi connectivity index (χ0v) is 10.5. The highest BCUT2D eigenvalue weighted by Gasteiger charge is 2.27. The van der Waals surface area contributed by atoms with Crippen LogP contribution in [0.2, 0.25) is 0 Å². The average Bonchev–Trinajstić information content (AvgIpc) is 2.39. The standard InChI is InChI=1S/C11H14N2O4S/c14-11(15)13-7-5-12(6-8-13)9-3-1-2-4-10(9)18(16)17/h1-4,9H,5-8H2,(H,14,15). The summed E-state index contributed by atoms with van der Waals surface area (Å²) in [6.07, 6.45) is 5.98. The summed E-state index contributed by atoms with van der Waals surface area (Å²) in [4.78, 5) is 14.4. The Labute approximate surface area is 106 Å². The van der Waals surface area contributed by atoms with Crippen molar-refractivity contribution in [3.05, 3.63) is 24.3 Å². The van der Waals surface area contributed by atoms with E-state index in [2.05, 4.69) is 0 Å². The number of amides is 1. The normalized spacial score (nSPS) is 24.3. The third kappa shape index (κ3) is 2.62. The van der Waals surface area contributed by atoms with Gasteiger partial charge in [-0.15, -0.1) is 0 Å². The van der Waals surface area contributed by atoms with Gasteiger partial charge in [-0.2, -0.15) is 8.42 Å². The summed E-state index contributed by atoms with van der Waals surface area (Å²) in [6.45, 7) is 1.88. The van der Waals surface area contributed by atoms with Crippen molar-refractivity contribution >= 4 is 21.3 Å². The molecule has 1 unspecified atom stereocenters. The van der Waals surface area contributed by atoms with Crippen molar-refractivity contribution in [1.82, 2.24) is 9.80 Å². The van der Waals surface area contributed by atoms with Crippen LogP contribution in [-0.2, 0) is 10.3 Å². The van der Waals surface area contributed by atoms with Crippen molar-refractivity contribution in [3.63, 3.8) is 0 Å². The van der Waals surface area contributed by atoms with Crippen LogP contribution >= 0.6 is 0 Å². The first-order chi connectivity index (χ1) is 8.59. The minimum atomic E-state index is -2.24. The van der Waals surface area contributed by atoms with E-state index < -0.39 is 16.4 Å². The van der Waals surface area contributed by atoms with E-state index in [0.29, 0.717) is 31.0 Å². The number of hydrogen-bond donors (Lipinski definition) is 1. The maximum Gasteiger partial charge on any atom is 0.407 e. The molecule has 0 saturated carbocycles. The number of hydrogen-bond acceptors (Lipinski definition) is 4. The third-order valence-corrected chi connectivity index (χ3v) is 3.89. The van der Waals surface area contributed by atoms with Crippen molar-refractivity contribution in [3.8, 4) is 0 Å². The van der Waals surface area contributed by atoms with Gasteiger partial charge in [0.2, 0.25) is 10.3 Å². The second kappa shape index (κ2) is 5.36. The summed E-state index contributed by atoms with van der Waals surface area (Å²) in [6, 6.07) is -0.274. The highest BCUT2D eigenvalue weighted by atomic mass is 32.2. The van der Waals surface area contributed by atoms with Gasteiger partial charge in [-0.25, -0.2) is 4.79 Å². The maximum atomic E-state index is 11.1. The fraction of sp³-hybridized carbons (Fsp3) is 0.455. The molecule has 1 N–H and O–H groups in total. The monoisotopic (exact) mass is 270 g/mol. The van der Waals surface area contributed by atoms with E-state index in [1.807, 2.05) is 17.1 Å². The van der Waals surface area contributed by atoms with Gasteiger partial charge >= 0.3 is 6.09 Å². The first kappa shape index (κ1) is 12.8. The summed E-state index contributed by atoms with van der Waals surface area (Å²) in [5.41, 5.74) is 0. The Bertz CT molecular complexity index is 519. The Balaban J connectivity index is 2.10. The molecule has 1 heterocycles. The second-order valence-corrected chi connectivity index (χ2v) is 5.07. The number of piperazine rings is 1. The van der Waals surface area contributed by atoms with Crippen molar-refractivity contribution in [2.45, 2.75) is 6.04 Å². The van der Waals surface area contributed by atoms with Crippen LogP contribution in [0.1, 0.15) is 0 Å². The number of rotatable bonds is 1. The molecular formula is C11H14N2O4S. The lowest BCUT2D eigenvalue weighted by Gasteiger charge is -2.37. The molecule has 7 heteroatoms. The molecule has 0 aromatic heterocycles. The van der Waals surface area contributed by atoms with Gasteiger partial charge in [-0.1, -0.05) is 18.2 Å². The molecule has 1 aliphatic carbocycles. The smallest absolute Gasteiger partial charge is 0.407 e. The summed E-state index contributed by atoms with van der Waals surface area (Å²) in [7, 11) is -2.24. The van der Waals surface area contributed by atoms with Crippen LogP contribution in [0.5, 0.6) is 0 Å². The van der Waals surface area contributed by atoms with Gasteiger partial charge in [0.05, 0.1) is 10.9 Å². The van der Waals surface area contributed by atoms with Crippen LogP contribution in [0.4, 0.5) is 4.79 Å². The maximum absolute atomic E-state index is 11.1. The molecule has 18 heavy (non-hydrogen) atoms. The first-order valence-electron chi connectivity index (χ1n) is 5.62. The molecule has 6 nitrogen and oxygen atoms in total. The minimum Gasteiger partial charge on any atom is -0.465 e. The van der Waals surface area contributed by atoms with Gasteiger partial charge in [0.1, 0.15) is 0 Å². The fourth-order valence-electron chi connectivity index (χ4n) is 2.16. The molecule has 2 aliphatic rings. The first-order valence-corrected chi connectivity index (χ1v) is 6.70. The Kier molecular flexibility index (Phi) is 3.83. The molecule has 1 saturated heterocycles. The lowest BCUT2D eigenvalue weighted by atomic mass is 10.1. The quantitative estimate of drug-likeness (QED) is 0.669. The van der Waals surface area contributed by atoms with Crippen LogP contribution in [0, 0.1) is 0 Å². The van der Waals surface area contributed by atoms with E-state index in [4.69, 9.17) is 5.11 Å². The molecule has 1 atom stereocenters. The SMILES string of the molecule is O=C(O)N1CCN(C2C=CC=CC2=S(=O)=O)CC1. The van der Waals surface area contributed by atoms with Crippen molar-refractivity contribution in [2.24, 2.45) is 0 Å². The van der Waals surface area contributed by atoms with Gasteiger partial charge in [0, 0.05) is 26.2 Å². The molecule has 98 valence electrons. The predicted octanol–water partition coefficient (Wildman–Crippen LogP) is -0.172. The molecule has 0 radical (unpaired) electrons. The molecule has 0 aromatic rings. The summed E-state index contributed by atoms with van der Waals surface area (Å²) in [5, 5.41) is 8.85. The van der Waals surface area contributed by atoms with Gasteiger partial charge in [0.25, 0.3) is 0 Å². The van der Waals surface area contributed by atoms with Crippen molar-refractivity contribution < 1.29 is 18.3 Å². The van der Waals surface area contributed by atoms with Crippen LogP contribution in [0.3, 0.4) is 0 Å². The Morgan fingerprint density at radius 1 is 1.22 bits per heavy atom. The van der Waals surface area contributed by atoms with Crippen molar-refractivity contribution in [2.75, 3.05) is 26.2 Å². The molecule has 1 fully saturated rings. The van der Waals surface area contributed by atoms with Gasteiger partial charge in [-0.05, 0) is 6.08 Å². The van der Waals surface area contributed by atoms with E-state index in [1.54, 1.807) is 12.2 Å². The van der Waals surface area contributed by atoms with Gasteiger partial charge in [-0.3, -0.25) is 4.90 Å². The largest absolute Gasteiger partial charge is 0.465 e. The highest BCUT2D eigenvalue weighted by molar-refractivity contribution is 7.73. The van der Waals surface area contributed by atoms with E-state index in [-0.39, 0.29) is 6.04 Å². The highest BCUT2D eigenvalue weighted by Crippen LogP contribution is 2.12. The number of nitrogens with zero attached hydrogens (tertiary/aromatic N) is 2. The van der Waals surface area contributed by atoms with Crippen molar-refractivity contribution in [1.29, 1.82) is 0 Å². The fourth-order valence-corrected chi connectivity index (χ4v) is 2.77. The van der Waals surface area contributed by atoms with Gasteiger partial charge in [0.15, 0.2) is 0 Å². The lowest BCUT2D eigenvalue weighted by molar-refractivity contribution is 0.104. The molecule has 2 rings (SSSR count). The third-order valence-electron chi connectivity index (χ3n) is 3.13. The number of allylic oxidation sites excluding steroid dienone is 2. The molecule has 0 bridgehead atoms. The van der Waals surface area contributed by atoms with E-state index >= 15 is 0 Å². The Morgan fingerprint density at radius 2 is 1.89 bits per heavy atom. The number of carboxylic acid groups (broad SMARTS) is 1. The summed E-state index contributed by atoms with van der Waals surface area (Å²) < 4.78 is 22.3. The molecule has 0 aromatic carbocycles. The second-order valence-electron chi connectivity index (χ2n) is 4.13. The molecule has 1 aliphatic heterocycles. The Morgan fingerprint density at radius 3 is 2.44 bits per heavy atom. The molecule has 0 spiro atoms. The van der Waals surface area contributed by atoms with Crippen LogP contribution in [0.25, 0.3) is 0 Å². The van der Waals surface area contributed by atoms with Crippen LogP contribution < -0.4 is 0 Å². The van der Waals surface area contributed by atoms with E-state index in [0.717, 1.165) is 0 Å². The topological polar surface area (TPSA) is 77.9 Å². The zero-order chi connectivity index (χ0) is 13.1. The number of carbonyl (C=O) groups is 1.